The minimum atomic E-state index is -0.333. The van der Waals surface area contributed by atoms with Crippen LogP contribution < -0.4 is 5.32 Å². The minimum Gasteiger partial charge on any atom is -0.304 e. The highest BCUT2D eigenvalue weighted by Gasteiger charge is 2.12. The number of amides is 1. The molecule has 0 bridgehead atoms. The molecule has 1 amide bonds. The molecule has 1 heterocycles. The van der Waals surface area contributed by atoms with Crippen LogP contribution in [0.5, 0.6) is 0 Å². The van der Waals surface area contributed by atoms with Gasteiger partial charge < -0.3 is 5.32 Å². The Bertz CT molecular complexity index is 861. The summed E-state index contributed by atoms with van der Waals surface area (Å²) < 4.78 is 14.5. The molecule has 3 aromatic rings. The molecular formula is C17H12Cl2FN3O. The van der Waals surface area contributed by atoms with Gasteiger partial charge in [0.1, 0.15) is 10.8 Å². The van der Waals surface area contributed by atoms with Gasteiger partial charge in [-0.25, -0.2) is 4.39 Å². The van der Waals surface area contributed by atoms with Gasteiger partial charge in [-0.05, 0) is 42.0 Å². The number of nitrogens with zero attached hydrogens (tertiary/aromatic N) is 2. The number of aromatic nitrogens is 2. The second-order valence-corrected chi connectivity index (χ2v) is 5.95. The second kappa shape index (κ2) is 7.03. The number of halogens is 3. The lowest BCUT2D eigenvalue weighted by Crippen LogP contribution is -2.13. The predicted molar refractivity (Wildman–Crippen MR) is 92.1 cm³/mol. The van der Waals surface area contributed by atoms with Crippen molar-refractivity contribution in [1.29, 1.82) is 0 Å². The first-order valence-corrected chi connectivity index (χ1v) is 7.81. The number of carbonyl (C=O) groups excluding carboxylic acids is 1. The summed E-state index contributed by atoms with van der Waals surface area (Å²) in [6.45, 7) is 0.414. The summed E-state index contributed by atoms with van der Waals surface area (Å²) in [6.07, 6.45) is 1.60. The van der Waals surface area contributed by atoms with Crippen LogP contribution in [0.1, 0.15) is 15.9 Å². The monoisotopic (exact) mass is 363 g/mol. The molecule has 0 aliphatic carbocycles. The van der Waals surface area contributed by atoms with Crippen molar-refractivity contribution in [2.24, 2.45) is 0 Å². The Morgan fingerprint density at radius 1 is 1.08 bits per heavy atom. The van der Waals surface area contributed by atoms with E-state index in [0.29, 0.717) is 22.2 Å². The van der Waals surface area contributed by atoms with Crippen LogP contribution in [-0.2, 0) is 6.54 Å². The zero-order valence-corrected chi connectivity index (χ0v) is 13.9. The lowest BCUT2D eigenvalue weighted by atomic mass is 10.2. The molecule has 7 heteroatoms. The van der Waals surface area contributed by atoms with Crippen LogP contribution in [-0.4, -0.2) is 15.7 Å². The molecule has 0 radical (unpaired) electrons. The van der Waals surface area contributed by atoms with Crippen molar-refractivity contribution in [3.63, 3.8) is 0 Å². The molecule has 2 aromatic carbocycles. The number of benzene rings is 2. The average Bonchev–Trinajstić information content (AvgIpc) is 2.89. The van der Waals surface area contributed by atoms with E-state index in [1.165, 1.54) is 12.1 Å². The summed E-state index contributed by atoms with van der Waals surface area (Å²) >= 11 is 11.9. The Kier molecular flexibility index (Phi) is 4.83. The number of nitrogens with one attached hydrogen (secondary N) is 1. The molecule has 0 unspecified atom stereocenters. The molecular weight excluding hydrogens is 352 g/mol. The molecule has 0 saturated heterocycles. The van der Waals surface area contributed by atoms with Crippen molar-refractivity contribution in [1.82, 2.24) is 9.78 Å². The first kappa shape index (κ1) is 16.5. The van der Waals surface area contributed by atoms with E-state index < -0.39 is 0 Å². The maximum absolute atomic E-state index is 12.9. The topological polar surface area (TPSA) is 46.9 Å². The molecule has 4 nitrogen and oxygen atoms in total. The molecule has 0 aliphatic heterocycles. The van der Waals surface area contributed by atoms with Crippen molar-refractivity contribution in [2.45, 2.75) is 6.54 Å². The van der Waals surface area contributed by atoms with Gasteiger partial charge >= 0.3 is 0 Å². The van der Waals surface area contributed by atoms with E-state index >= 15 is 0 Å². The Hall–Kier alpha value is -2.37. The fourth-order valence-electron chi connectivity index (χ4n) is 2.12. The summed E-state index contributed by atoms with van der Waals surface area (Å²) in [5.74, 6) is -0.368. The van der Waals surface area contributed by atoms with E-state index in [1.54, 1.807) is 47.3 Å². The fourth-order valence-corrected chi connectivity index (χ4v) is 2.44. The van der Waals surface area contributed by atoms with Gasteiger partial charge in [0.05, 0.1) is 6.54 Å². The summed E-state index contributed by atoms with van der Waals surface area (Å²) in [4.78, 5) is 12.2. The standard InChI is InChI=1S/C17H12Cl2FN3O/c18-13-5-3-12(4-6-13)17(24)21-16-15(19)10-23(22-16)9-11-1-7-14(20)8-2-11/h1-8,10H,9H2,(H,21,22,24). The molecule has 1 N–H and O–H groups in total. The number of carbonyl (C=O) groups is 1. The van der Waals surface area contributed by atoms with Gasteiger partial charge in [0.25, 0.3) is 5.91 Å². The SMILES string of the molecule is O=C(Nc1nn(Cc2ccc(F)cc2)cc1Cl)c1ccc(Cl)cc1. The fraction of sp³-hybridized carbons (Fsp3) is 0.0588. The average molecular weight is 364 g/mol. The van der Waals surface area contributed by atoms with Crippen LogP contribution in [0.15, 0.2) is 54.7 Å². The van der Waals surface area contributed by atoms with Gasteiger partial charge in [0, 0.05) is 16.8 Å². The Balaban J connectivity index is 1.72. The molecule has 0 fully saturated rings. The first-order valence-electron chi connectivity index (χ1n) is 7.05. The normalized spacial score (nSPS) is 10.6. The summed E-state index contributed by atoms with van der Waals surface area (Å²) in [7, 11) is 0. The van der Waals surface area contributed by atoms with E-state index in [9.17, 15) is 9.18 Å². The van der Waals surface area contributed by atoms with Gasteiger partial charge in [-0.1, -0.05) is 35.3 Å². The predicted octanol–water partition coefficient (Wildman–Crippen LogP) is 4.63. The van der Waals surface area contributed by atoms with Crippen molar-refractivity contribution in [3.05, 3.63) is 81.7 Å². The van der Waals surface area contributed by atoms with Crippen molar-refractivity contribution < 1.29 is 9.18 Å². The van der Waals surface area contributed by atoms with Crippen LogP contribution in [0.2, 0.25) is 10.0 Å². The lowest BCUT2D eigenvalue weighted by Gasteiger charge is -2.03. The molecule has 1 aromatic heterocycles. The highest BCUT2D eigenvalue weighted by atomic mass is 35.5. The zero-order valence-electron chi connectivity index (χ0n) is 12.3. The summed E-state index contributed by atoms with van der Waals surface area (Å²) in [5.41, 5.74) is 1.31. The van der Waals surface area contributed by atoms with Crippen LogP contribution in [0.4, 0.5) is 10.2 Å². The number of hydrogen-bond acceptors (Lipinski definition) is 2. The van der Waals surface area contributed by atoms with Gasteiger partial charge in [0.2, 0.25) is 0 Å². The Labute approximate surface area is 147 Å². The van der Waals surface area contributed by atoms with E-state index in [1.807, 2.05) is 0 Å². The molecule has 24 heavy (non-hydrogen) atoms. The smallest absolute Gasteiger partial charge is 0.256 e. The molecule has 3 rings (SSSR count). The van der Waals surface area contributed by atoms with Crippen molar-refractivity contribution in [2.75, 3.05) is 5.32 Å². The maximum atomic E-state index is 12.9. The summed E-state index contributed by atoms with van der Waals surface area (Å²) in [6, 6.07) is 12.6. The van der Waals surface area contributed by atoms with E-state index in [2.05, 4.69) is 10.4 Å². The van der Waals surface area contributed by atoms with Crippen LogP contribution in [0, 0.1) is 5.82 Å². The first-order chi connectivity index (χ1) is 11.5. The van der Waals surface area contributed by atoms with Crippen LogP contribution >= 0.6 is 23.2 Å². The minimum absolute atomic E-state index is 0.263. The van der Waals surface area contributed by atoms with Gasteiger partial charge in [0.15, 0.2) is 5.82 Å². The third kappa shape index (κ3) is 3.93. The van der Waals surface area contributed by atoms with Gasteiger partial charge in [-0.2, -0.15) is 5.10 Å². The molecule has 0 spiro atoms. The molecule has 0 atom stereocenters. The van der Waals surface area contributed by atoms with E-state index in [0.717, 1.165) is 5.56 Å². The number of hydrogen-bond donors (Lipinski definition) is 1. The Morgan fingerprint density at radius 2 is 1.75 bits per heavy atom. The quantitative estimate of drug-likeness (QED) is 0.734. The largest absolute Gasteiger partial charge is 0.304 e. The van der Waals surface area contributed by atoms with E-state index in [-0.39, 0.29) is 17.5 Å². The lowest BCUT2D eigenvalue weighted by molar-refractivity contribution is 0.102. The maximum Gasteiger partial charge on any atom is 0.256 e. The molecule has 0 saturated carbocycles. The molecule has 0 aliphatic rings. The van der Waals surface area contributed by atoms with Crippen molar-refractivity contribution in [3.8, 4) is 0 Å². The van der Waals surface area contributed by atoms with Gasteiger partial charge in [-0.3, -0.25) is 9.48 Å². The third-order valence-electron chi connectivity index (χ3n) is 3.31. The van der Waals surface area contributed by atoms with Crippen LogP contribution in [0.25, 0.3) is 0 Å². The zero-order chi connectivity index (χ0) is 17.1. The summed E-state index contributed by atoms with van der Waals surface area (Å²) in [5, 5.41) is 7.77. The van der Waals surface area contributed by atoms with E-state index in [4.69, 9.17) is 23.2 Å². The second-order valence-electron chi connectivity index (χ2n) is 5.11. The third-order valence-corrected chi connectivity index (χ3v) is 3.84. The van der Waals surface area contributed by atoms with Gasteiger partial charge in [-0.15, -0.1) is 0 Å². The van der Waals surface area contributed by atoms with Crippen molar-refractivity contribution >= 4 is 34.9 Å². The highest BCUT2D eigenvalue weighted by molar-refractivity contribution is 6.33. The van der Waals surface area contributed by atoms with Crippen LogP contribution in [0.3, 0.4) is 0 Å². The highest BCUT2D eigenvalue weighted by Crippen LogP contribution is 2.21. The Morgan fingerprint density at radius 3 is 2.42 bits per heavy atom. The number of anilines is 1. The number of rotatable bonds is 4. The molecule has 122 valence electrons.